The molecule has 1 aliphatic rings. The normalized spacial score (nSPS) is 15.2. The van der Waals surface area contributed by atoms with E-state index in [0.29, 0.717) is 6.54 Å². The lowest BCUT2D eigenvalue weighted by molar-refractivity contribution is -0.126. The predicted molar refractivity (Wildman–Crippen MR) is 73.5 cm³/mol. The summed E-state index contributed by atoms with van der Waals surface area (Å²) in [6.07, 6.45) is 0.854. The maximum atomic E-state index is 12.2. The molecule has 1 aliphatic heterocycles. The lowest BCUT2D eigenvalue weighted by Crippen LogP contribution is -2.45. The molecular weight excluding hydrogens is 296 g/mol. The van der Waals surface area contributed by atoms with E-state index < -0.39 is 6.04 Å². The molecule has 0 radical (unpaired) electrons. The van der Waals surface area contributed by atoms with Crippen LogP contribution in [0.25, 0.3) is 0 Å². The highest BCUT2D eigenvalue weighted by Gasteiger charge is 2.28. The summed E-state index contributed by atoms with van der Waals surface area (Å²) in [4.78, 5) is 24.9. The van der Waals surface area contributed by atoms with Gasteiger partial charge in [-0.05, 0) is 37.1 Å². The summed E-state index contributed by atoms with van der Waals surface area (Å²) in [6, 6.07) is 5.40. The molecule has 0 bridgehead atoms. The Kier molecular flexibility index (Phi) is 3.71. The zero-order chi connectivity index (χ0) is 13.3. The largest absolute Gasteiger partial charge is 0.345 e. The second-order valence-corrected chi connectivity index (χ2v) is 5.35. The van der Waals surface area contributed by atoms with E-state index in [4.69, 9.17) is 0 Å². The summed E-state index contributed by atoms with van der Waals surface area (Å²) in [5.41, 5.74) is 2.10. The Hall–Kier alpha value is -1.36. The van der Waals surface area contributed by atoms with Crippen LogP contribution < -0.4 is 10.2 Å². The van der Waals surface area contributed by atoms with Gasteiger partial charge in [0.1, 0.15) is 6.04 Å². The van der Waals surface area contributed by atoms with Gasteiger partial charge in [-0.15, -0.1) is 0 Å². The molecule has 0 aromatic heterocycles. The third-order valence-corrected chi connectivity index (χ3v) is 3.49. The van der Waals surface area contributed by atoms with Crippen molar-refractivity contribution < 1.29 is 9.59 Å². The number of carbonyl (C=O) groups is 2. The molecule has 0 saturated carbocycles. The fourth-order valence-electron chi connectivity index (χ4n) is 2.20. The SMILES string of the molecule is CC(=O)NC(C)C(=O)N1CCc2cc(Br)ccc21. The number of benzene rings is 1. The van der Waals surface area contributed by atoms with Gasteiger partial charge in [-0.2, -0.15) is 0 Å². The van der Waals surface area contributed by atoms with Crippen LogP contribution in [0, 0.1) is 0 Å². The summed E-state index contributed by atoms with van der Waals surface area (Å²) >= 11 is 3.42. The first-order chi connectivity index (χ1) is 8.49. The van der Waals surface area contributed by atoms with E-state index in [2.05, 4.69) is 21.2 Å². The minimum absolute atomic E-state index is 0.0636. The number of carbonyl (C=O) groups excluding carboxylic acids is 2. The molecule has 1 heterocycles. The first-order valence-corrected chi connectivity index (χ1v) is 6.65. The van der Waals surface area contributed by atoms with Gasteiger partial charge in [0.25, 0.3) is 0 Å². The van der Waals surface area contributed by atoms with E-state index >= 15 is 0 Å². The molecule has 0 fully saturated rings. The molecule has 1 N–H and O–H groups in total. The quantitative estimate of drug-likeness (QED) is 0.906. The van der Waals surface area contributed by atoms with E-state index in [0.717, 1.165) is 22.1 Å². The van der Waals surface area contributed by atoms with Gasteiger partial charge in [0.15, 0.2) is 0 Å². The highest BCUT2D eigenvalue weighted by Crippen LogP contribution is 2.30. The molecule has 1 atom stereocenters. The van der Waals surface area contributed by atoms with Gasteiger partial charge in [-0.25, -0.2) is 0 Å². The Balaban J connectivity index is 2.18. The minimum atomic E-state index is -0.489. The first kappa shape index (κ1) is 13.1. The first-order valence-electron chi connectivity index (χ1n) is 5.86. The number of nitrogens with zero attached hydrogens (tertiary/aromatic N) is 1. The Bertz CT molecular complexity index is 502. The number of hydrogen-bond donors (Lipinski definition) is 1. The zero-order valence-corrected chi connectivity index (χ0v) is 12.0. The summed E-state index contributed by atoms with van der Waals surface area (Å²) in [5.74, 6) is -0.252. The van der Waals surface area contributed by atoms with Crippen LogP contribution in [-0.2, 0) is 16.0 Å². The number of fused-ring (bicyclic) bond motifs is 1. The van der Waals surface area contributed by atoms with Gasteiger partial charge in [0.2, 0.25) is 11.8 Å². The Morgan fingerprint density at radius 2 is 2.17 bits per heavy atom. The van der Waals surface area contributed by atoms with Crippen molar-refractivity contribution in [2.45, 2.75) is 26.3 Å². The van der Waals surface area contributed by atoms with Crippen LogP contribution in [0.4, 0.5) is 5.69 Å². The molecular formula is C13H15BrN2O2. The molecule has 2 rings (SSSR count). The summed E-state index contributed by atoms with van der Waals surface area (Å²) in [5, 5.41) is 2.62. The van der Waals surface area contributed by atoms with Crippen LogP contribution in [0.3, 0.4) is 0 Å². The maximum absolute atomic E-state index is 12.2. The summed E-state index contributed by atoms with van der Waals surface area (Å²) in [7, 11) is 0. The van der Waals surface area contributed by atoms with Crippen molar-refractivity contribution in [2.24, 2.45) is 0 Å². The van der Waals surface area contributed by atoms with Crippen molar-refractivity contribution in [2.75, 3.05) is 11.4 Å². The van der Waals surface area contributed by atoms with Crippen LogP contribution in [0.1, 0.15) is 19.4 Å². The van der Waals surface area contributed by atoms with Crippen molar-refractivity contribution >= 4 is 33.4 Å². The number of rotatable bonds is 2. The van der Waals surface area contributed by atoms with Gasteiger partial charge in [-0.1, -0.05) is 15.9 Å². The van der Waals surface area contributed by atoms with Crippen molar-refractivity contribution in [3.05, 3.63) is 28.2 Å². The van der Waals surface area contributed by atoms with E-state index in [1.165, 1.54) is 6.92 Å². The van der Waals surface area contributed by atoms with E-state index in [-0.39, 0.29) is 11.8 Å². The van der Waals surface area contributed by atoms with Crippen molar-refractivity contribution in [1.82, 2.24) is 5.32 Å². The Morgan fingerprint density at radius 3 is 2.83 bits per heavy atom. The lowest BCUT2D eigenvalue weighted by atomic mass is 10.2. The highest BCUT2D eigenvalue weighted by molar-refractivity contribution is 9.10. The molecule has 4 nitrogen and oxygen atoms in total. The number of anilines is 1. The van der Waals surface area contributed by atoms with Crippen molar-refractivity contribution in [3.63, 3.8) is 0 Å². The third-order valence-electron chi connectivity index (χ3n) is 2.99. The van der Waals surface area contributed by atoms with Crippen LogP contribution in [0.5, 0.6) is 0 Å². The minimum Gasteiger partial charge on any atom is -0.345 e. The van der Waals surface area contributed by atoms with Gasteiger partial charge in [-0.3, -0.25) is 9.59 Å². The molecule has 0 spiro atoms. The van der Waals surface area contributed by atoms with E-state index in [1.54, 1.807) is 11.8 Å². The predicted octanol–water partition coefficient (Wildman–Crippen LogP) is 1.86. The van der Waals surface area contributed by atoms with Crippen molar-refractivity contribution in [1.29, 1.82) is 0 Å². The average Bonchev–Trinajstić information content (AvgIpc) is 2.69. The number of nitrogens with one attached hydrogen (secondary N) is 1. The Morgan fingerprint density at radius 1 is 1.44 bits per heavy atom. The van der Waals surface area contributed by atoms with Crippen LogP contribution in [0.15, 0.2) is 22.7 Å². The van der Waals surface area contributed by atoms with Gasteiger partial charge < -0.3 is 10.2 Å². The standard InChI is InChI=1S/C13H15BrN2O2/c1-8(15-9(2)17)13(18)16-6-5-10-7-11(14)3-4-12(10)16/h3-4,7-8H,5-6H2,1-2H3,(H,15,17). The molecule has 2 amide bonds. The van der Waals surface area contributed by atoms with Crippen molar-refractivity contribution in [3.8, 4) is 0 Å². The van der Waals surface area contributed by atoms with Gasteiger partial charge in [0.05, 0.1) is 0 Å². The lowest BCUT2D eigenvalue weighted by Gasteiger charge is -2.22. The fraction of sp³-hybridized carbons (Fsp3) is 0.385. The highest BCUT2D eigenvalue weighted by atomic mass is 79.9. The monoisotopic (exact) mass is 310 g/mol. The topological polar surface area (TPSA) is 49.4 Å². The van der Waals surface area contributed by atoms with Crippen LogP contribution >= 0.6 is 15.9 Å². The van der Waals surface area contributed by atoms with Crippen LogP contribution in [-0.4, -0.2) is 24.4 Å². The molecule has 96 valence electrons. The maximum Gasteiger partial charge on any atom is 0.249 e. The molecule has 0 aliphatic carbocycles. The molecule has 1 aromatic carbocycles. The molecule has 1 aromatic rings. The second kappa shape index (κ2) is 5.10. The number of amides is 2. The van der Waals surface area contributed by atoms with Gasteiger partial charge >= 0.3 is 0 Å². The zero-order valence-electron chi connectivity index (χ0n) is 10.4. The average molecular weight is 311 g/mol. The molecule has 5 heteroatoms. The molecule has 18 heavy (non-hydrogen) atoms. The third kappa shape index (κ3) is 2.56. The van der Waals surface area contributed by atoms with E-state index in [9.17, 15) is 9.59 Å². The smallest absolute Gasteiger partial charge is 0.249 e. The van der Waals surface area contributed by atoms with Gasteiger partial charge in [0, 0.05) is 23.6 Å². The Labute approximate surface area is 114 Å². The summed E-state index contributed by atoms with van der Waals surface area (Å²) in [6.45, 7) is 3.80. The molecule has 0 saturated heterocycles. The fourth-order valence-corrected chi connectivity index (χ4v) is 2.61. The second-order valence-electron chi connectivity index (χ2n) is 4.44. The van der Waals surface area contributed by atoms with E-state index in [1.807, 2.05) is 18.2 Å². The van der Waals surface area contributed by atoms with Crippen LogP contribution in [0.2, 0.25) is 0 Å². The molecule has 1 unspecified atom stereocenters. The summed E-state index contributed by atoms with van der Waals surface area (Å²) < 4.78 is 1.02. The number of halogens is 1. The number of hydrogen-bond acceptors (Lipinski definition) is 2.